The third-order valence-electron chi connectivity index (χ3n) is 3.06. The van der Waals surface area contributed by atoms with Gasteiger partial charge in [-0.05, 0) is 23.8 Å². The van der Waals surface area contributed by atoms with Crippen molar-refractivity contribution in [3.8, 4) is 0 Å². The highest BCUT2D eigenvalue weighted by molar-refractivity contribution is 7.15. The van der Waals surface area contributed by atoms with Crippen molar-refractivity contribution in [1.29, 1.82) is 0 Å². The minimum Gasteiger partial charge on any atom is -0.296 e. The number of rotatable bonds is 4. The van der Waals surface area contributed by atoms with Gasteiger partial charge in [0.05, 0.1) is 5.56 Å². The van der Waals surface area contributed by atoms with Gasteiger partial charge in [-0.25, -0.2) is 4.39 Å². The maximum absolute atomic E-state index is 13.7. The molecule has 0 saturated carbocycles. The van der Waals surface area contributed by atoms with E-state index in [9.17, 15) is 9.18 Å². The molecule has 0 aliphatic heterocycles. The van der Waals surface area contributed by atoms with Crippen LogP contribution in [-0.4, -0.2) is 16.1 Å². The Kier molecular flexibility index (Phi) is 4.64. The Labute approximate surface area is 141 Å². The van der Waals surface area contributed by atoms with Crippen LogP contribution in [0.25, 0.3) is 0 Å². The van der Waals surface area contributed by atoms with E-state index in [2.05, 4.69) is 15.5 Å². The molecule has 2 aromatic carbocycles. The van der Waals surface area contributed by atoms with Gasteiger partial charge in [-0.2, -0.15) is 0 Å². The van der Waals surface area contributed by atoms with Crippen LogP contribution in [0.2, 0.25) is 5.02 Å². The van der Waals surface area contributed by atoms with Crippen LogP contribution in [0.5, 0.6) is 0 Å². The second-order valence-electron chi connectivity index (χ2n) is 4.74. The molecule has 0 radical (unpaired) electrons. The van der Waals surface area contributed by atoms with Gasteiger partial charge < -0.3 is 0 Å². The van der Waals surface area contributed by atoms with Crippen LogP contribution >= 0.6 is 22.9 Å². The fraction of sp³-hybridized carbons (Fsp3) is 0.0625. The van der Waals surface area contributed by atoms with Crippen molar-refractivity contribution in [2.45, 2.75) is 6.42 Å². The number of carbonyl (C=O) groups excluding carboxylic acids is 1. The smallest absolute Gasteiger partial charge is 0.260 e. The number of nitrogens with one attached hydrogen (secondary N) is 1. The topological polar surface area (TPSA) is 54.9 Å². The van der Waals surface area contributed by atoms with Crippen LogP contribution in [0.4, 0.5) is 9.52 Å². The van der Waals surface area contributed by atoms with Gasteiger partial charge in [0.2, 0.25) is 5.13 Å². The average Bonchev–Trinajstić information content (AvgIpc) is 2.95. The maximum atomic E-state index is 13.7. The predicted molar refractivity (Wildman–Crippen MR) is 88.5 cm³/mol. The highest BCUT2D eigenvalue weighted by Gasteiger charge is 2.14. The number of halogens is 2. The molecule has 1 amide bonds. The highest BCUT2D eigenvalue weighted by atomic mass is 35.5. The van der Waals surface area contributed by atoms with E-state index in [1.807, 2.05) is 30.3 Å². The number of hydrogen-bond acceptors (Lipinski definition) is 4. The lowest BCUT2D eigenvalue weighted by molar-refractivity contribution is 0.102. The molecule has 3 aromatic rings. The lowest BCUT2D eigenvalue weighted by Crippen LogP contribution is -2.13. The van der Waals surface area contributed by atoms with Crippen LogP contribution in [0.1, 0.15) is 20.9 Å². The van der Waals surface area contributed by atoms with Crippen LogP contribution in [-0.2, 0) is 6.42 Å². The first-order valence-electron chi connectivity index (χ1n) is 6.74. The number of benzene rings is 2. The highest BCUT2D eigenvalue weighted by Crippen LogP contribution is 2.20. The van der Waals surface area contributed by atoms with Crippen molar-refractivity contribution >= 4 is 34.0 Å². The van der Waals surface area contributed by atoms with Crippen molar-refractivity contribution < 1.29 is 9.18 Å². The Morgan fingerprint density at radius 1 is 1.17 bits per heavy atom. The summed E-state index contributed by atoms with van der Waals surface area (Å²) >= 11 is 6.93. The van der Waals surface area contributed by atoms with Gasteiger partial charge in [0.15, 0.2) is 0 Å². The molecule has 1 N–H and O–H groups in total. The van der Waals surface area contributed by atoms with Gasteiger partial charge in [-0.15, -0.1) is 10.2 Å². The number of aromatic nitrogens is 2. The third kappa shape index (κ3) is 3.91. The molecule has 0 atom stereocenters. The zero-order valence-electron chi connectivity index (χ0n) is 11.8. The largest absolute Gasteiger partial charge is 0.296 e. The second kappa shape index (κ2) is 6.85. The Balaban J connectivity index is 1.70. The number of amides is 1. The van der Waals surface area contributed by atoms with E-state index in [0.29, 0.717) is 11.6 Å². The van der Waals surface area contributed by atoms with E-state index < -0.39 is 11.7 Å². The molecule has 0 saturated heterocycles. The van der Waals surface area contributed by atoms with E-state index in [0.717, 1.165) is 16.6 Å². The average molecular weight is 348 g/mol. The molecular weight excluding hydrogens is 337 g/mol. The fourth-order valence-corrected chi connectivity index (χ4v) is 2.91. The van der Waals surface area contributed by atoms with Crippen molar-refractivity contribution in [2.24, 2.45) is 0 Å². The van der Waals surface area contributed by atoms with Gasteiger partial charge in [-0.1, -0.05) is 53.3 Å². The normalized spacial score (nSPS) is 10.5. The lowest BCUT2D eigenvalue weighted by atomic mass is 10.2. The first-order chi connectivity index (χ1) is 11.1. The zero-order chi connectivity index (χ0) is 16.2. The number of anilines is 1. The molecule has 0 aliphatic rings. The fourth-order valence-electron chi connectivity index (χ4n) is 1.98. The first kappa shape index (κ1) is 15.6. The van der Waals surface area contributed by atoms with Crippen LogP contribution in [0, 0.1) is 5.82 Å². The number of hydrogen-bond donors (Lipinski definition) is 1. The summed E-state index contributed by atoms with van der Waals surface area (Å²) in [5.74, 6) is -1.26. The van der Waals surface area contributed by atoms with Gasteiger partial charge >= 0.3 is 0 Å². The van der Waals surface area contributed by atoms with Crippen molar-refractivity contribution in [3.63, 3.8) is 0 Å². The Hall–Kier alpha value is -2.31. The summed E-state index contributed by atoms with van der Waals surface area (Å²) in [6, 6.07) is 13.7. The predicted octanol–water partition coefficient (Wildman–Crippen LogP) is 4.17. The van der Waals surface area contributed by atoms with Crippen molar-refractivity contribution in [3.05, 3.63) is 75.5 Å². The third-order valence-corrected chi connectivity index (χ3v) is 4.14. The first-order valence-corrected chi connectivity index (χ1v) is 7.94. The monoisotopic (exact) mass is 347 g/mol. The molecule has 1 heterocycles. The van der Waals surface area contributed by atoms with E-state index in [-0.39, 0.29) is 10.6 Å². The van der Waals surface area contributed by atoms with Gasteiger partial charge in [0, 0.05) is 11.4 Å². The van der Waals surface area contributed by atoms with Crippen LogP contribution < -0.4 is 5.32 Å². The molecule has 7 heteroatoms. The van der Waals surface area contributed by atoms with Gasteiger partial charge in [-0.3, -0.25) is 10.1 Å². The molecule has 0 unspecified atom stereocenters. The zero-order valence-corrected chi connectivity index (χ0v) is 13.4. The molecule has 0 bridgehead atoms. The molecule has 3 rings (SSSR count). The molecule has 1 aromatic heterocycles. The van der Waals surface area contributed by atoms with E-state index >= 15 is 0 Å². The van der Waals surface area contributed by atoms with Crippen LogP contribution in [0.15, 0.2) is 48.5 Å². The minimum atomic E-state index is -0.677. The molecule has 0 fully saturated rings. The van der Waals surface area contributed by atoms with E-state index in [4.69, 9.17) is 11.6 Å². The molecule has 23 heavy (non-hydrogen) atoms. The van der Waals surface area contributed by atoms with Gasteiger partial charge in [0.1, 0.15) is 10.8 Å². The van der Waals surface area contributed by atoms with E-state index in [1.54, 1.807) is 0 Å². The van der Waals surface area contributed by atoms with E-state index in [1.165, 1.54) is 23.5 Å². The molecule has 0 aliphatic carbocycles. The summed E-state index contributed by atoms with van der Waals surface area (Å²) < 4.78 is 13.7. The Morgan fingerprint density at radius 3 is 2.70 bits per heavy atom. The Bertz CT molecular complexity index is 838. The summed E-state index contributed by atoms with van der Waals surface area (Å²) in [6.07, 6.45) is 0.629. The summed E-state index contributed by atoms with van der Waals surface area (Å²) in [6.45, 7) is 0. The number of carbonyl (C=O) groups is 1. The van der Waals surface area contributed by atoms with Crippen molar-refractivity contribution in [1.82, 2.24) is 10.2 Å². The second-order valence-corrected chi connectivity index (χ2v) is 6.24. The Morgan fingerprint density at radius 2 is 1.96 bits per heavy atom. The molecule has 116 valence electrons. The SMILES string of the molecule is O=C(Nc1nnc(Cc2ccccc2)s1)c1ccc(Cl)cc1F. The molecule has 0 spiro atoms. The van der Waals surface area contributed by atoms with Crippen molar-refractivity contribution in [2.75, 3.05) is 5.32 Å². The van der Waals surface area contributed by atoms with Gasteiger partial charge in [0.25, 0.3) is 5.91 Å². The minimum absolute atomic E-state index is 0.0887. The summed E-state index contributed by atoms with van der Waals surface area (Å²) in [4.78, 5) is 12.1. The standard InChI is InChI=1S/C16H11ClFN3OS/c17-11-6-7-12(13(18)9-11)15(22)19-16-21-20-14(23-16)8-10-4-2-1-3-5-10/h1-7,9H,8H2,(H,19,21,22). The number of nitrogens with zero attached hydrogens (tertiary/aromatic N) is 2. The lowest BCUT2D eigenvalue weighted by Gasteiger charge is -2.02. The maximum Gasteiger partial charge on any atom is 0.260 e. The van der Waals surface area contributed by atoms with Crippen LogP contribution in [0.3, 0.4) is 0 Å². The quantitative estimate of drug-likeness (QED) is 0.770. The molecule has 4 nitrogen and oxygen atoms in total. The molecular formula is C16H11ClFN3OS. The summed E-state index contributed by atoms with van der Waals surface area (Å²) in [5, 5.41) is 11.8. The summed E-state index contributed by atoms with van der Waals surface area (Å²) in [7, 11) is 0. The summed E-state index contributed by atoms with van der Waals surface area (Å²) in [5.41, 5.74) is 1.01.